The van der Waals surface area contributed by atoms with Gasteiger partial charge in [0.05, 0.1) is 19.8 Å². The Kier molecular flexibility index (Phi) is 10.2. The lowest BCUT2D eigenvalue weighted by Crippen LogP contribution is -2.36. The van der Waals surface area contributed by atoms with Gasteiger partial charge in [-0.1, -0.05) is 11.6 Å². The summed E-state index contributed by atoms with van der Waals surface area (Å²) in [5, 5.41) is 16.4. The minimum atomic E-state index is -0.480. The smallest absolute Gasteiger partial charge is 0.273 e. The molecule has 0 fully saturated rings. The van der Waals surface area contributed by atoms with Crippen molar-refractivity contribution >= 4 is 61.0 Å². The molecule has 33 heavy (non-hydrogen) atoms. The average molecular weight is 612 g/mol. The number of benzene rings is 1. The molecule has 2 rings (SSSR count). The molecule has 0 radical (unpaired) electrons. The standard InChI is InChI=1S/C19H26Br2ClN7O4/c1-29(7-5-26-19(31)12-17(23)28-18(24)16(22)27-12)6-4-25-8-9-13(30)10(20)15(33-3)11(21)14(9)32-2/h25,30H,4-8H2,1-3H3,(H,26,31)(H4,23,24,28). The molecule has 0 aliphatic rings. The highest BCUT2D eigenvalue weighted by Crippen LogP contribution is 2.48. The van der Waals surface area contributed by atoms with E-state index in [-0.39, 0.29) is 28.2 Å². The first-order valence-corrected chi connectivity index (χ1v) is 11.6. The molecule has 0 saturated carbocycles. The lowest BCUT2D eigenvalue weighted by Gasteiger charge is -2.19. The molecule has 0 atom stereocenters. The van der Waals surface area contributed by atoms with Gasteiger partial charge in [-0.25, -0.2) is 9.97 Å². The Labute approximate surface area is 213 Å². The van der Waals surface area contributed by atoms with Crippen LogP contribution in [0.15, 0.2) is 8.95 Å². The molecule has 11 nitrogen and oxygen atoms in total. The second kappa shape index (κ2) is 12.4. The molecule has 0 unspecified atom stereocenters. The van der Waals surface area contributed by atoms with Gasteiger partial charge < -0.3 is 41.6 Å². The Morgan fingerprint density at radius 2 is 1.73 bits per heavy atom. The van der Waals surface area contributed by atoms with Gasteiger partial charge in [0.2, 0.25) is 0 Å². The van der Waals surface area contributed by atoms with Gasteiger partial charge in [-0.2, -0.15) is 0 Å². The number of anilines is 2. The number of hydrogen-bond acceptors (Lipinski definition) is 10. The predicted molar refractivity (Wildman–Crippen MR) is 134 cm³/mol. The summed E-state index contributed by atoms with van der Waals surface area (Å²) in [6.07, 6.45) is 0. The molecule has 1 amide bonds. The number of carbonyl (C=O) groups is 1. The molecule has 1 heterocycles. The van der Waals surface area contributed by atoms with E-state index in [0.717, 1.165) is 0 Å². The fourth-order valence-corrected chi connectivity index (χ4v) is 4.64. The quantitative estimate of drug-likeness (QED) is 0.238. The summed E-state index contributed by atoms with van der Waals surface area (Å²) >= 11 is 12.6. The normalized spacial score (nSPS) is 11.0. The molecule has 0 aliphatic carbocycles. The number of aromatic nitrogens is 2. The van der Waals surface area contributed by atoms with Crippen molar-refractivity contribution in [2.24, 2.45) is 0 Å². The van der Waals surface area contributed by atoms with Crippen LogP contribution < -0.4 is 31.6 Å². The largest absolute Gasteiger partial charge is 0.506 e. The van der Waals surface area contributed by atoms with Crippen LogP contribution in [0.4, 0.5) is 11.6 Å². The number of amides is 1. The maximum absolute atomic E-state index is 12.2. The first-order valence-electron chi connectivity index (χ1n) is 9.69. The molecule has 2 aromatic rings. The number of likely N-dealkylation sites (N-methyl/N-ethyl adjacent to an activating group) is 1. The summed E-state index contributed by atoms with van der Waals surface area (Å²) in [5.41, 5.74) is 11.7. The number of rotatable bonds is 11. The first-order chi connectivity index (χ1) is 15.6. The number of aromatic hydroxyl groups is 1. The summed E-state index contributed by atoms with van der Waals surface area (Å²) in [6, 6.07) is 0. The Morgan fingerprint density at radius 3 is 2.36 bits per heavy atom. The summed E-state index contributed by atoms with van der Waals surface area (Å²) in [5.74, 6) is 0.387. The van der Waals surface area contributed by atoms with Gasteiger partial charge in [-0.3, -0.25) is 4.79 Å². The van der Waals surface area contributed by atoms with Crippen LogP contribution in [0.1, 0.15) is 16.1 Å². The Balaban J connectivity index is 1.82. The zero-order chi connectivity index (χ0) is 24.7. The molecular formula is C19H26Br2ClN7O4. The maximum atomic E-state index is 12.2. The molecule has 182 valence electrons. The van der Waals surface area contributed by atoms with E-state index in [9.17, 15) is 9.90 Å². The van der Waals surface area contributed by atoms with Gasteiger partial charge in [0, 0.05) is 32.7 Å². The van der Waals surface area contributed by atoms with Crippen LogP contribution in [0, 0.1) is 0 Å². The molecule has 7 N–H and O–H groups in total. The minimum Gasteiger partial charge on any atom is -0.506 e. The molecule has 0 bridgehead atoms. The summed E-state index contributed by atoms with van der Waals surface area (Å²) in [6.45, 7) is 2.63. The van der Waals surface area contributed by atoms with Gasteiger partial charge >= 0.3 is 0 Å². The third kappa shape index (κ3) is 6.73. The number of phenolic OH excluding ortho intramolecular Hbond substituents is 1. The lowest BCUT2D eigenvalue weighted by atomic mass is 10.1. The van der Waals surface area contributed by atoms with Gasteiger partial charge in [0.25, 0.3) is 5.91 Å². The van der Waals surface area contributed by atoms with Crippen LogP contribution >= 0.6 is 43.5 Å². The summed E-state index contributed by atoms with van der Waals surface area (Å²) in [7, 11) is 4.95. The van der Waals surface area contributed by atoms with E-state index in [2.05, 4.69) is 52.5 Å². The van der Waals surface area contributed by atoms with E-state index in [1.807, 2.05) is 11.9 Å². The van der Waals surface area contributed by atoms with Crippen LogP contribution in [0.2, 0.25) is 5.15 Å². The third-order valence-corrected chi connectivity index (χ3v) is 6.38. The summed E-state index contributed by atoms with van der Waals surface area (Å²) < 4.78 is 11.8. The minimum absolute atomic E-state index is 0.0294. The van der Waals surface area contributed by atoms with E-state index < -0.39 is 5.91 Å². The Morgan fingerprint density at radius 1 is 1.09 bits per heavy atom. The van der Waals surface area contributed by atoms with Crippen LogP contribution in [-0.4, -0.2) is 73.3 Å². The Bertz CT molecular complexity index is 1010. The SMILES string of the molecule is COc1c(Br)c(O)c(CNCCN(C)CCNC(=O)c2nc(Cl)c(N)nc2N)c(OC)c1Br. The zero-order valence-electron chi connectivity index (χ0n) is 18.3. The fraction of sp³-hybridized carbons (Fsp3) is 0.421. The fourth-order valence-electron chi connectivity index (χ4n) is 2.88. The van der Waals surface area contributed by atoms with Crippen LogP contribution in [0.5, 0.6) is 17.2 Å². The molecule has 1 aromatic heterocycles. The molecule has 0 spiro atoms. The topological polar surface area (TPSA) is 161 Å². The molecular weight excluding hydrogens is 586 g/mol. The van der Waals surface area contributed by atoms with E-state index >= 15 is 0 Å². The van der Waals surface area contributed by atoms with E-state index in [4.69, 9.17) is 32.5 Å². The van der Waals surface area contributed by atoms with E-state index in [1.165, 1.54) is 14.2 Å². The number of phenols is 1. The number of halogens is 3. The first kappa shape index (κ1) is 27.2. The number of carbonyl (C=O) groups excluding carboxylic acids is 1. The molecule has 14 heteroatoms. The lowest BCUT2D eigenvalue weighted by molar-refractivity contribution is 0.0945. The molecule has 1 aromatic carbocycles. The van der Waals surface area contributed by atoms with Crippen LogP contribution in [0.3, 0.4) is 0 Å². The van der Waals surface area contributed by atoms with Crippen molar-refractivity contribution in [1.29, 1.82) is 0 Å². The number of ether oxygens (including phenoxy) is 2. The van der Waals surface area contributed by atoms with Crippen molar-refractivity contribution in [2.75, 3.05) is 58.9 Å². The second-order valence-corrected chi connectivity index (χ2v) is 8.84. The maximum Gasteiger partial charge on any atom is 0.273 e. The number of hydrogen-bond donors (Lipinski definition) is 5. The van der Waals surface area contributed by atoms with Crippen molar-refractivity contribution in [3.63, 3.8) is 0 Å². The van der Waals surface area contributed by atoms with Crippen molar-refractivity contribution in [3.05, 3.63) is 25.4 Å². The van der Waals surface area contributed by atoms with Crippen LogP contribution in [-0.2, 0) is 6.54 Å². The average Bonchev–Trinajstić information content (AvgIpc) is 2.77. The van der Waals surface area contributed by atoms with Crippen molar-refractivity contribution < 1.29 is 19.4 Å². The van der Waals surface area contributed by atoms with Gasteiger partial charge in [0.15, 0.2) is 28.2 Å². The molecule has 0 saturated heterocycles. The van der Waals surface area contributed by atoms with Gasteiger partial charge in [-0.05, 0) is 38.9 Å². The Hall–Kier alpha value is -2.06. The number of methoxy groups -OCH3 is 2. The number of nitrogens with one attached hydrogen (secondary N) is 2. The highest BCUT2D eigenvalue weighted by atomic mass is 79.9. The highest BCUT2D eigenvalue weighted by Gasteiger charge is 2.22. The van der Waals surface area contributed by atoms with Crippen molar-refractivity contribution in [2.45, 2.75) is 6.54 Å². The van der Waals surface area contributed by atoms with Gasteiger partial charge in [0.1, 0.15) is 20.4 Å². The monoisotopic (exact) mass is 609 g/mol. The van der Waals surface area contributed by atoms with Gasteiger partial charge in [-0.15, -0.1) is 0 Å². The molecule has 0 aliphatic heterocycles. The second-order valence-electron chi connectivity index (χ2n) is 6.89. The zero-order valence-corrected chi connectivity index (χ0v) is 22.3. The number of nitrogens with two attached hydrogens (primary N) is 2. The van der Waals surface area contributed by atoms with Crippen LogP contribution in [0.25, 0.3) is 0 Å². The van der Waals surface area contributed by atoms with E-state index in [1.54, 1.807) is 0 Å². The highest BCUT2D eigenvalue weighted by molar-refractivity contribution is 9.11. The van der Waals surface area contributed by atoms with Crippen molar-refractivity contribution in [1.82, 2.24) is 25.5 Å². The summed E-state index contributed by atoms with van der Waals surface area (Å²) in [4.78, 5) is 21.9. The third-order valence-electron chi connectivity index (χ3n) is 4.65. The van der Waals surface area contributed by atoms with Crippen molar-refractivity contribution in [3.8, 4) is 17.2 Å². The number of nitrogen functional groups attached to an aromatic ring is 2. The predicted octanol–water partition coefficient (Wildman–Crippen LogP) is 1.99. The number of nitrogens with zero attached hydrogens (tertiary/aromatic N) is 3. The van der Waals surface area contributed by atoms with E-state index in [0.29, 0.717) is 58.7 Å².